The Morgan fingerprint density at radius 2 is 1.90 bits per heavy atom. The number of nitrogens with zero attached hydrogens (tertiary/aromatic N) is 2. The molecule has 3 heteroatoms. The van der Waals surface area contributed by atoms with E-state index in [1.165, 1.54) is 10.8 Å². The van der Waals surface area contributed by atoms with Crippen LogP contribution in [-0.2, 0) is 0 Å². The maximum atomic E-state index is 6.13. The van der Waals surface area contributed by atoms with Crippen molar-refractivity contribution in [1.82, 2.24) is 9.78 Å². The Balaban J connectivity index is 2.08. The van der Waals surface area contributed by atoms with Crippen molar-refractivity contribution in [1.29, 1.82) is 0 Å². The second-order valence-electron chi connectivity index (χ2n) is 5.23. The Morgan fingerprint density at radius 3 is 2.65 bits per heavy atom. The molecule has 1 heterocycles. The minimum atomic E-state index is 0.367. The van der Waals surface area contributed by atoms with Crippen molar-refractivity contribution < 1.29 is 0 Å². The van der Waals surface area contributed by atoms with E-state index >= 15 is 0 Å². The molecule has 0 bridgehead atoms. The second-order valence-corrected chi connectivity index (χ2v) is 5.23. The fourth-order valence-electron chi connectivity index (χ4n) is 2.38. The zero-order chi connectivity index (χ0) is 14.1. The summed E-state index contributed by atoms with van der Waals surface area (Å²) >= 11 is 0. The Morgan fingerprint density at radius 1 is 1.15 bits per heavy atom. The second kappa shape index (κ2) is 5.00. The number of nitrogen functional groups attached to an aromatic ring is 1. The summed E-state index contributed by atoms with van der Waals surface area (Å²) in [5, 5.41) is 7.09. The van der Waals surface area contributed by atoms with E-state index < -0.39 is 0 Å². The Hall–Kier alpha value is -2.29. The smallest absolute Gasteiger partial charge is 0.115 e. The largest absolute Gasteiger partial charge is 0.396 e. The number of nitrogens with two attached hydrogens (primary N) is 1. The molecule has 20 heavy (non-hydrogen) atoms. The molecule has 0 amide bonds. The summed E-state index contributed by atoms with van der Waals surface area (Å²) in [6, 6.07) is 15.0. The third kappa shape index (κ3) is 2.16. The van der Waals surface area contributed by atoms with Gasteiger partial charge in [-0.2, -0.15) is 5.10 Å². The lowest BCUT2D eigenvalue weighted by molar-refractivity contribution is 0.479. The molecule has 0 saturated heterocycles. The Kier molecular flexibility index (Phi) is 3.18. The SMILES string of the molecule is CCC(C)n1cc(N)c(-c2ccc3ccccc3c2)n1. The van der Waals surface area contributed by atoms with Crippen molar-refractivity contribution in [3.8, 4) is 11.3 Å². The fraction of sp³-hybridized carbons (Fsp3) is 0.235. The molecule has 0 spiro atoms. The molecular weight excluding hydrogens is 246 g/mol. The third-order valence-electron chi connectivity index (χ3n) is 3.83. The van der Waals surface area contributed by atoms with Crippen LogP contribution in [0.2, 0.25) is 0 Å². The van der Waals surface area contributed by atoms with Gasteiger partial charge in [-0.15, -0.1) is 0 Å². The predicted molar refractivity (Wildman–Crippen MR) is 84.6 cm³/mol. The van der Waals surface area contributed by atoms with Crippen molar-refractivity contribution in [2.24, 2.45) is 0 Å². The Bertz CT molecular complexity index is 743. The van der Waals surface area contributed by atoms with E-state index in [2.05, 4.69) is 49.3 Å². The minimum Gasteiger partial charge on any atom is -0.396 e. The number of fused-ring (bicyclic) bond motifs is 1. The highest BCUT2D eigenvalue weighted by Gasteiger charge is 2.11. The molecule has 0 aliphatic rings. The lowest BCUT2D eigenvalue weighted by Crippen LogP contribution is -2.04. The number of hydrogen-bond acceptors (Lipinski definition) is 2. The molecule has 3 nitrogen and oxygen atoms in total. The average molecular weight is 265 g/mol. The van der Waals surface area contributed by atoms with Gasteiger partial charge in [0.25, 0.3) is 0 Å². The number of anilines is 1. The van der Waals surface area contributed by atoms with Crippen LogP contribution in [0.4, 0.5) is 5.69 Å². The van der Waals surface area contributed by atoms with Crippen LogP contribution in [0, 0.1) is 0 Å². The van der Waals surface area contributed by atoms with E-state index in [9.17, 15) is 0 Å². The zero-order valence-corrected chi connectivity index (χ0v) is 11.9. The van der Waals surface area contributed by atoms with E-state index in [-0.39, 0.29) is 0 Å². The molecule has 3 rings (SSSR count). The lowest BCUT2D eigenvalue weighted by atomic mass is 10.0. The van der Waals surface area contributed by atoms with Crippen molar-refractivity contribution in [3.63, 3.8) is 0 Å². The molecule has 0 saturated carbocycles. The van der Waals surface area contributed by atoms with E-state index in [1.54, 1.807) is 0 Å². The number of aromatic nitrogens is 2. The summed E-state index contributed by atoms with van der Waals surface area (Å²) < 4.78 is 1.96. The molecule has 0 aliphatic heterocycles. The molecular formula is C17H19N3. The van der Waals surface area contributed by atoms with Gasteiger partial charge in [0.1, 0.15) is 5.69 Å². The van der Waals surface area contributed by atoms with E-state index in [1.807, 2.05) is 23.0 Å². The van der Waals surface area contributed by atoms with Crippen LogP contribution in [0.3, 0.4) is 0 Å². The van der Waals surface area contributed by atoms with Crippen LogP contribution >= 0.6 is 0 Å². The van der Waals surface area contributed by atoms with Gasteiger partial charge in [-0.1, -0.05) is 43.3 Å². The molecule has 2 N–H and O–H groups in total. The van der Waals surface area contributed by atoms with Crippen LogP contribution in [0.1, 0.15) is 26.3 Å². The topological polar surface area (TPSA) is 43.8 Å². The predicted octanol–water partition coefficient (Wildman–Crippen LogP) is 4.26. The highest BCUT2D eigenvalue weighted by molar-refractivity contribution is 5.88. The summed E-state index contributed by atoms with van der Waals surface area (Å²) in [6.07, 6.45) is 2.97. The first-order chi connectivity index (χ1) is 9.69. The van der Waals surface area contributed by atoms with Gasteiger partial charge in [0.15, 0.2) is 0 Å². The summed E-state index contributed by atoms with van der Waals surface area (Å²) in [7, 11) is 0. The first kappa shape index (κ1) is 12.7. The van der Waals surface area contributed by atoms with Gasteiger partial charge in [-0.25, -0.2) is 0 Å². The van der Waals surface area contributed by atoms with Gasteiger partial charge in [0, 0.05) is 17.8 Å². The summed E-state index contributed by atoms with van der Waals surface area (Å²) in [5.41, 5.74) is 8.81. The maximum Gasteiger partial charge on any atom is 0.115 e. The monoisotopic (exact) mass is 265 g/mol. The van der Waals surface area contributed by atoms with Gasteiger partial charge in [-0.05, 0) is 30.2 Å². The van der Waals surface area contributed by atoms with Crippen LogP contribution < -0.4 is 5.73 Å². The van der Waals surface area contributed by atoms with Crippen molar-refractivity contribution in [2.45, 2.75) is 26.3 Å². The van der Waals surface area contributed by atoms with Crippen LogP contribution in [0.15, 0.2) is 48.7 Å². The normalized spacial score (nSPS) is 12.7. The van der Waals surface area contributed by atoms with Gasteiger partial charge >= 0.3 is 0 Å². The zero-order valence-electron chi connectivity index (χ0n) is 11.9. The standard InChI is InChI=1S/C17H19N3/c1-3-12(2)20-11-16(18)17(19-20)15-9-8-13-6-4-5-7-14(13)10-15/h4-12H,3,18H2,1-2H3. The van der Waals surface area contributed by atoms with E-state index in [0.29, 0.717) is 6.04 Å². The quantitative estimate of drug-likeness (QED) is 0.769. The van der Waals surface area contributed by atoms with Gasteiger partial charge in [0.2, 0.25) is 0 Å². The van der Waals surface area contributed by atoms with E-state index in [0.717, 1.165) is 23.4 Å². The van der Waals surface area contributed by atoms with E-state index in [4.69, 9.17) is 5.73 Å². The average Bonchev–Trinajstić information content (AvgIpc) is 2.88. The molecule has 1 aromatic heterocycles. The third-order valence-corrected chi connectivity index (χ3v) is 3.83. The summed E-state index contributed by atoms with van der Waals surface area (Å²) in [4.78, 5) is 0. The number of benzene rings is 2. The molecule has 3 aromatic rings. The molecule has 2 aromatic carbocycles. The fourth-order valence-corrected chi connectivity index (χ4v) is 2.38. The van der Waals surface area contributed by atoms with Crippen LogP contribution in [-0.4, -0.2) is 9.78 Å². The highest BCUT2D eigenvalue weighted by atomic mass is 15.3. The summed E-state index contributed by atoms with van der Waals surface area (Å²) in [5.74, 6) is 0. The van der Waals surface area contributed by atoms with Gasteiger partial charge in [-0.3, -0.25) is 4.68 Å². The lowest BCUT2D eigenvalue weighted by Gasteiger charge is -2.08. The first-order valence-corrected chi connectivity index (χ1v) is 7.03. The summed E-state index contributed by atoms with van der Waals surface area (Å²) in [6.45, 7) is 4.30. The molecule has 1 atom stereocenters. The van der Waals surface area contributed by atoms with Crippen molar-refractivity contribution in [2.75, 3.05) is 5.73 Å². The number of hydrogen-bond donors (Lipinski definition) is 1. The minimum absolute atomic E-state index is 0.367. The van der Waals surface area contributed by atoms with Gasteiger partial charge in [0.05, 0.1) is 5.69 Å². The molecule has 1 unspecified atom stereocenters. The van der Waals surface area contributed by atoms with Gasteiger partial charge < -0.3 is 5.73 Å². The maximum absolute atomic E-state index is 6.13. The molecule has 102 valence electrons. The first-order valence-electron chi connectivity index (χ1n) is 7.03. The van der Waals surface area contributed by atoms with Crippen LogP contribution in [0.5, 0.6) is 0 Å². The number of rotatable bonds is 3. The van der Waals surface area contributed by atoms with Crippen LogP contribution in [0.25, 0.3) is 22.0 Å². The molecule has 0 aliphatic carbocycles. The van der Waals surface area contributed by atoms with Crippen molar-refractivity contribution >= 4 is 16.5 Å². The molecule has 0 fully saturated rings. The van der Waals surface area contributed by atoms with Crippen molar-refractivity contribution in [3.05, 3.63) is 48.7 Å². The Labute approximate surface area is 119 Å². The molecule has 0 radical (unpaired) electrons. The highest BCUT2D eigenvalue weighted by Crippen LogP contribution is 2.28.